The lowest BCUT2D eigenvalue weighted by Crippen LogP contribution is -2.10. The van der Waals surface area contributed by atoms with Crippen LogP contribution in [0.25, 0.3) is 0 Å². The van der Waals surface area contributed by atoms with E-state index in [1.54, 1.807) is 17.1 Å². The largest absolute Gasteiger partial charge is 0.383 e. The SMILES string of the molecule is Cn1cnc(CCNc2cc(N)nc(N)n2)n1. The lowest BCUT2D eigenvalue weighted by atomic mass is 10.4. The van der Waals surface area contributed by atoms with Gasteiger partial charge in [0.05, 0.1) is 0 Å². The second-order valence-corrected chi connectivity index (χ2v) is 3.55. The predicted octanol–water partition coefficient (Wildman–Crippen LogP) is -0.576. The zero-order valence-corrected chi connectivity index (χ0v) is 9.46. The van der Waals surface area contributed by atoms with E-state index < -0.39 is 0 Å². The maximum absolute atomic E-state index is 5.55. The van der Waals surface area contributed by atoms with Crippen LogP contribution in [0.2, 0.25) is 0 Å². The van der Waals surface area contributed by atoms with Crippen molar-refractivity contribution in [2.45, 2.75) is 6.42 Å². The van der Waals surface area contributed by atoms with Gasteiger partial charge in [-0.3, -0.25) is 4.68 Å². The summed E-state index contributed by atoms with van der Waals surface area (Å²) in [7, 11) is 1.83. The van der Waals surface area contributed by atoms with Crippen LogP contribution in [0, 0.1) is 0 Å². The van der Waals surface area contributed by atoms with Gasteiger partial charge in [0.15, 0.2) is 5.82 Å². The molecule has 2 heterocycles. The summed E-state index contributed by atoms with van der Waals surface area (Å²) in [6.07, 6.45) is 2.36. The highest BCUT2D eigenvalue weighted by Crippen LogP contribution is 2.08. The van der Waals surface area contributed by atoms with Crippen molar-refractivity contribution in [3.8, 4) is 0 Å². The second-order valence-electron chi connectivity index (χ2n) is 3.55. The zero-order valence-electron chi connectivity index (χ0n) is 9.46. The molecule has 0 radical (unpaired) electrons. The third kappa shape index (κ3) is 3.03. The fourth-order valence-electron chi connectivity index (χ4n) is 1.38. The Balaban J connectivity index is 1.89. The average Bonchev–Trinajstić information content (AvgIpc) is 2.63. The van der Waals surface area contributed by atoms with Crippen LogP contribution in [-0.2, 0) is 13.5 Å². The Kier molecular flexibility index (Phi) is 3.03. The molecule has 2 aromatic rings. The standard InChI is InChI=1S/C9H14N8/c1-17-5-13-7(16-17)2-3-12-8-4-6(10)14-9(11)15-8/h4-5H,2-3H2,1H3,(H5,10,11,12,14,15). The molecule has 8 heteroatoms. The minimum absolute atomic E-state index is 0.156. The van der Waals surface area contributed by atoms with Gasteiger partial charge in [-0.05, 0) is 0 Å². The predicted molar refractivity (Wildman–Crippen MR) is 64.1 cm³/mol. The van der Waals surface area contributed by atoms with Crippen molar-refractivity contribution in [1.82, 2.24) is 24.7 Å². The summed E-state index contributed by atoms with van der Waals surface area (Å²) in [5.74, 6) is 1.88. The number of hydrogen-bond acceptors (Lipinski definition) is 7. The molecule has 0 fully saturated rings. The highest BCUT2D eigenvalue weighted by Gasteiger charge is 2.01. The molecule has 0 unspecified atom stereocenters. The normalized spacial score (nSPS) is 10.4. The smallest absolute Gasteiger partial charge is 0.223 e. The molecule has 90 valence electrons. The number of nitrogens with zero attached hydrogens (tertiary/aromatic N) is 5. The summed E-state index contributed by atoms with van der Waals surface area (Å²) >= 11 is 0. The molecule has 0 aliphatic carbocycles. The van der Waals surface area contributed by atoms with Crippen molar-refractivity contribution in [3.63, 3.8) is 0 Å². The van der Waals surface area contributed by atoms with Gasteiger partial charge in [-0.2, -0.15) is 15.1 Å². The average molecular weight is 234 g/mol. The topological polar surface area (TPSA) is 121 Å². The van der Waals surface area contributed by atoms with Gasteiger partial charge in [0.25, 0.3) is 0 Å². The molecule has 0 aliphatic rings. The molecule has 0 spiro atoms. The molecular formula is C9H14N8. The van der Waals surface area contributed by atoms with Crippen LogP contribution in [0.4, 0.5) is 17.6 Å². The fourth-order valence-corrected chi connectivity index (χ4v) is 1.38. The van der Waals surface area contributed by atoms with E-state index in [9.17, 15) is 0 Å². The van der Waals surface area contributed by atoms with E-state index in [1.807, 2.05) is 7.05 Å². The number of rotatable bonds is 4. The third-order valence-corrected chi connectivity index (χ3v) is 2.07. The van der Waals surface area contributed by atoms with Gasteiger partial charge >= 0.3 is 0 Å². The number of anilines is 3. The summed E-state index contributed by atoms with van der Waals surface area (Å²) in [5.41, 5.74) is 11.0. The van der Waals surface area contributed by atoms with Crippen molar-refractivity contribution < 1.29 is 0 Å². The van der Waals surface area contributed by atoms with Gasteiger partial charge in [0, 0.05) is 26.1 Å². The monoisotopic (exact) mass is 234 g/mol. The molecule has 0 bridgehead atoms. The van der Waals surface area contributed by atoms with Crippen molar-refractivity contribution in [2.24, 2.45) is 7.05 Å². The Morgan fingerprint density at radius 2 is 2.18 bits per heavy atom. The quantitative estimate of drug-likeness (QED) is 0.647. The van der Waals surface area contributed by atoms with Crippen molar-refractivity contribution in [2.75, 3.05) is 23.3 Å². The van der Waals surface area contributed by atoms with Crippen LogP contribution in [0.5, 0.6) is 0 Å². The fraction of sp³-hybridized carbons (Fsp3) is 0.333. The van der Waals surface area contributed by atoms with E-state index in [2.05, 4.69) is 25.4 Å². The first kappa shape index (κ1) is 11.1. The Bertz CT molecular complexity index is 485. The van der Waals surface area contributed by atoms with Crippen LogP contribution in [0.15, 0.2) is 12.4 Å². The molecule has 0 aliphatic heterocycles. The first-order valence-electron chi connectivity index (χ1n) is 5.12. The van der Waals surface area contributed by atoms with Crippen LogP contribution >= 0.6 is 0 Å². The Hall–Kier alpha value is -2.38. The number of hydrogen-bond donors (Lipinski definition) is 3. The zero-order chi connectivity index (χ0) is 12.3. The minimum atomic E-state index is 0.156. The van der Waals surface area contributed by atoms with Gasteiger partial charge in [-0.15, -0.1) is 0 Å². The highest BCUT2D eigenvalue weighted by atomic mass is 15.3. The minimum Gasteiger partial charge on any atom is -0.383 e. The number of nitrogens with one attached hydrogen (secondary N) is 1. The summed E-state index contributed by atoms with van der Waals surface area (Å²) in [4.78, 5) is 11.9. The molecule has 2 aromatic heterocycles. The van der Waals surface area contributed by atoms with Crippen LogP contribution in [-0.4, -0.2) is 31.3 Å². The van der Waals surface area contributed by atoms with Gasteiger partial charge in [0.2, 0.25) is 5.95 Å². The highest BCUT2D eigenvalue weighted by molar-refractivity contribution is 5.48. The lowest BCUT2D eigenvalue weighted by Gasteiger charge is -2.05. The summed E-state index contributed by atoms with van der Waals surface area (Å²) in [6, 6.07) is 1.63. The van der Waals surface area contributed by atoms with Gasteiger partial charge in [-0.25, -0.2) is 4.98 Å². The Morgan fingerprint density at radius 1 is 1.35 bits per heavy atom. The molecule has 0 aromatic carbocycles. The Labute approximate surface area is 98.1 Å². The van der Waals surface area contributed by atoms with Gasteiger partial charge < -0.3 is 16.8 Å². The molecule has 5 N–H and O–H groups in total. The lowest BCUT2D eigenvalue weighted by molar-refractivity contribution is 0.742. The van der Waals surface area contributed by atoms with E-state index in [-0.39, 0.29) is 5.95 Å². The Morgan fingerprint density at radius 3 is 2.82 bits per heavy atom. The molecule has 0 saturated carbocycles. The van der Waals surface area contributed by atoms with Crippen molar-refractivity contribution in [1.29, 1.82) is 0 Å². The van der Waals surface area contributed by atoms with Crippen molar-refractivity contribution in [3.05, 3.63) is 18.2 Å². The van der Waals surface area contributed by atoms with Crippen LogP contribution < -0.4 is 16.8 Å². The molecule has 0 amide bonds. The van der Waals surface area contributed by atoms with Crippen molar-refractivity contribution >= 4 is 17.6 Å². The number of nitrogen functional groups attached to an aromatic ring is 2. The summed E-state index contributed by atoms with van der Waals surface area (Å²) in [5, 5.41) is 7.24. The molecular weight excluding hydrogens is 220 g/mol. The molecule has 0 atom stereocenters. The van der Waals surface area contributed by atoms with Gasteiger partial charge in [0.1, 0.15) is 18.0 Å². The van der Waals surface area contributed by atoms with Crippen LogP contribution in [0.1, 0.15) is 5.82 Å². The first-order valence-corrected chi connectivity index (χ1v) is 5.12. The second kappa shape index (κ2) is 4.64. The number of aryl methyl sites for hydroxylation is 1. The van der Waals surface area contributed by atoms with Crippen LogP contribution in [0.3, 0.4) is 0 Å². The summed E-state index contributed by atoms with van der Waals surface area (Å²) in [6.45, 7) is 0.653. The van der Waals surface area contributed by atoms with E-state index >= 15 is 0 Å². The summed E-state index contributed by atoms with van der Waals surface area (Å²) < 4.78 is 1.66. The van der Waals surface area contributed by atoms with E-state index in [4.69, 9.17) is 11.5 Å². The molecule has 0 saturated heterocycles. The van der Waals surface area contributed by atoms with E-state index in [0.717, 1.165) is 5.82 Å². The van der Waals surface area contributed by atoms with E-state index in [0.29, 0.717) is 24.6 Å². The third-order valence-electron chi connectivity index (χ3n) is 2.07. The number of aromatic nitrogens is 5. The maximum atomic E-state index is 5.55. The molecule has 17 heavy (non-hydrogen) atoms. The molecule has 2 rings (SSSR count). The van der Waals surface area contributed by atoms with Gasteiger partial charge in [-0.1, -0.05) is 0 Å². The van der Waals surface area contributed by atoms with E-state index in [1.165, 1.54) is 0 Å². The first-order chi connectivity index (χ1) is 8.13. The maximum Gasteiger partial charge on any atom is 0.223 e. The number of nitrogens with two attached hydrogens (primary N) is 2. The molecule has 8 nitrogen and oxygen atoms in total.